The third kappa shape index (κ3) is 5.16. The van der Waals surface area contributed by atoms with E-state index in [1.807, 2.05) is 6.92 Å². The van der Waals surface area contributed by atoms with Gasteiger partial charge in [-0.2, -0.15) is 0 Å². The number of ketones is 1. The molecule has 0 saturated heterocycles. The summed E-state index contributed by atoms with van der Waals surface area (Å²) in [7, 11) is 0. The molecule has 1 aromatic rings. The Kier molecular flexibility index (Phi) is 6.75. The number of Topliss-reactive ketones (excluding diaryl/α,β-unsaturated/α-hetero) is 1. The molecular weight excluding hydrogens is 340 g/mol. The summed E-state index contributed by atoms with van der Waals surface area (Å²) in [4.78, 5) is 39.8. The first kappa shape index (κ1) is 19.2. The molecule has 1 N–H and O–H groups in total. The summed E-state index contributed by atoms with van der Waals surface area (Å²) in [5.41, 5.74) is 0.350. The van der Waals surface area contributed by atoms with Gasteiger partial charge in [0.05, 0.1) is 6.04 Å². The summed E-state index contributed by atoms with van der Waals surface area (Å²) in [6.07, 6.45) is 3.70. The minimum absolute atomic E-state index is 0.131. The topological polar surface area (TPSA) is 88.7 Å². The van der Waals surface area contributed by atoms with Gasteiger partial charge in [-0.3, -0.25) is 14.6 Å². The molecule has 0 spiro atoms. The van der Waals surface area contributed by atoms with Crippen LogP contribution in [0.1, 0.15) is 44.1 Å². The van der Waals surface area contributed by atoms with Crippen LogP contribution < -0.4 is 10.9 Å². The number of amides is 1. The van der Waals surface area contributed by atoms with E-state index in [4.69, 9.17) is 4.42 Å². The van der Waals surface area contributed by atoms with Gasteiger partial charge in [0.2, 0.25) is 5.91 Å². The summed E-state index contributed by atoms with van der Waals surface area (Å²) < 4.78 is 5.30. The van der Waals surface area contributed by atoms with Crippen molar-refractivity contribution in [1.29, 1.82) is 0 Å². The largest absolute Gasteiger partial charge is 0.426 e. The van der Waals surface area contributed by atoms with E-state index in [1.165, 1.54) is 24.8 Å². The maximum Gasteiger partial charge on any atom is 0.336 e. The van der Waals surface area contributed by atoms with Gasteiger partial charge < -0.3 is 9.73 Å². The van der Waals surface area contributed by atoms with Crippen LogP contribution in [0.15, 0.2) is 39.0 Å². The van der Waals surface area contributed by atoms with Crippen molar-refractivity contribution >= 4 is 28.5 Å². The molecule has 1 aliphatic heterocycles. The number of carbonyl (C=O) groups is 2. The van der Waals surface area contributed by atoms with Crippen molar-refractivity contribution in [3.63, 3.8) is 0 Å². The summed E-state index contributed by atoms with van der Waals surface area (Å²) in [6, 6.07) is 2.20. The normalized spacial score (nSPS) is 17.7. The lowest BCUT2D eigenvalue weighted by molar-refractivity contribution is -0.122. The maximum absolute atomic E-state index is 12.5. The Morgan fingerprint density at radius 3 is 2.88 bits per heavy atom. The number of thioether (sulfide) groups is 1. The molecule has 2 atom stereocenters. The molecule has 7 heteroatoms. The predicted octanol–water partition coefficient (Wildman–Crippen LogP) is 2.43. The van der Waals surface area contributed by atoms with Gasteiger partial charge in [-0.05, 0) is 24.5 Å². The number of carbonyl (C=O) groups excluding carboxylic acids is 2. The van der Waals surface area contributed by atoms with Crippen LogP contribution in [-0.2, 0) is 16.0 Å². The van der Waals surface area contributed by atoms with Crippen molar-refractivity contribution in [3.8, 4) is 0 Å². The number of rotatable bonds is 8. The van der Waals surface area contributed by atoms with Gasteiger partial charge >= 0.3 is 5.63 Å². The lowest BCUT2D eigenvalue weighted by Gasteiger charge is -2.19. The molecule has 25 heavy (non-hydrogen) atoms. The molecule has 2 unspecified atom stereocenters. The summed E-state index contributed by atoms with van der Waals surface area (Å²) in [5.74, 6) is 0.480. The van der Waals surface area contributed by atoms with Crippen molar-refractivity contribution in [2.45, 2.75) is 45.2 Å². The van der Waals surface area contributed by atoms with E-state index < -0.39 is 17.7 Å². The SMILES string of the molecule is C=CCc1cc(C(CCC)NC(=O)C2CSC(C(C)=O)=N2)oc(=O)c1. The number of hydrogen-bond donors (Lipinski definition) is 1. The number of nitrogens with one attached hydrogen (secondary N) is 1. The second kappa shape index (κ2) is 8.80. The monoisotopic (exact) mass is 362 g/mol. The Bertz CT molecular complexity index is 754. The van der Waals surface area contributed by atoms with Gasteiger partial charge in [0.1, 0.15) is 16.8 Å². The fraction of sp³-hybridized carbons (Fsp3) is 0.444. The summed E-state index contributed by atoms with van der Waals surface area (Å²) in [5, 5.41) is 3.28. The number of hydrogen-bond acceptors (Lipinski definition) is 6. The van der Waals surface area contributed by atoms with Gasteiger partial charge in [0, 0.05) is 18.7 Å². The zero-order chi connectivity index (χ0) is 18.4. The van der Waals surface area contributed by atoms with Gasteiger partial charge in [-0.15, -0.1) is 18.3 Å². The van der Waals surface area contributed by atoms with Crippen LogP contribution in [0.25, 0.3) is 0 Å². The van der Waals surface area contributed by atoms with E-state index >= 15 is 0 Å². The van der Waals surface area contributed by atoms with Crippen LogP contribution in [0.3, 0.4) is 0 Å². The van der Waals surface area contributed by atoms with Crippen LogP contribution in [0, 0.1) is 0 Å². The minimum atomic E-state index is -0.591. The second-order valence-electron chi connectivity index (χ2n) is 5.85. The lowest BCUT2D eigenvalue weighted by atomic mass is 10.1. The molecule has 134 valence electrons. The molecule has 2 rings (SSSR count). The first-order valence-corrected chi connectivity index (χ1v) is 9.20. The fourth-order valence-corrected chi connectivity index (χ4v) is 3.50. The number of allylic oxidation sites excluding steroid dienone is 1. The molecule has 6 nitrogen and oxygen atoms in total. The zero-order valence-electron chi connectivity index (χ0n) is 14.4. The Labute approximate surface area is 150 Å². The third-order valence-corrected chi connectivity index (χ3v) is 4.87. The van der Waals surface area contributed by atoms with Gasteiger partial charge in [-0.25, -0.2) is 4.79 Å². The van der Waals surface area contributed by atoms with Crippen molar-refractivity contribution < 1.29 is 14.0 Å². The molecule has 0 aromatic carbocycles. The number of aliphatic imine (C=N–C) groups is 1. The van der Waals surface area contributed by atoms with Gasteiger partial charge in [-0.1, -0.05) is 19.4 Å². The molecule has 2 heterocycles. The fourth-order valence-electron chi connectivity index (χ4n) is 2.55. The lowest BCUT2D eigenvalue weighted by Crippen LogP contribution is -2.37. The second-order valence-corrected chi connectivity index (χ2v) is 6.86. The molecular formula is C18H22N2O4S. The third-order valence-electron chi connectivity index (χ3n) is 3.72. The zero-order valence-corrected chi connectivity index (χ0v) is 15.2. The standard InChI is InChI=1S/C18H22N2O4S/c1-4-6-12-8-15(24-16(22)9-12)13(7-5-2)19-17(23)14-10-25-18(20-14)11(3)21/h4,8-9,13-14H,1,5-7,10H2,2-3H3,(H,19,23). The smallest absolute Gasteiger partial charge is 0.336 e. The van der Waals surface area contributed by atoms with Gasteiger partial charge in [0.15, 0.2) is 5.78 Å². The van der Waals surface area contributed by atoms with E-state index in [-0.39, 0.29) is 11.7 Å². The average molecular weight is 362 g/mol. The molecule has 1 amide bonds. The summed E-state index contributed by atoms with van der Waals surface area (Å²) in [6.45, 7) is 7.10. The molecule has 1 aromatic heterocycles. The van der Waals surface area contributed by atoms with Gasteiger partial charge in [0.25, 0.3) is 0 Å². The van der Waals surface area contributed by atoms with Crippen molar-refractivity contribution in [2.75, 3.05) is 5.75 Å². The highest BCUT2D eigenvalue weighted by Gasteiger charge is 2.29. The predicted molar refractivity (Wildman–Crippen MR) is 99.0 cm³/mol. The molecule has 1 aliphatic rings. The Hall–Kier alpha value is -2.15. The first-order valence-electron chi connectivity index (χ1n) is 8.21. The Balaban J connectivity index is 2.18. The van der Waals surface area contributed by atoms with Crippen LogP contribution >= 0.6 is 11.8 Å². The molecule has 0 saturated carbocycles. The van der Waals surface area contributed by atoms with Crippen LogP contribution in [0.4, 0.5) is 0 Å². The maximum atomic E-state index is 12.5. The highest BCUT2D eigenvalue weighted by molar-refractivity contribution is 8.16. The molecule has 0 aliphatic carbocycles. The van der Waals surface area contributed by atoms with Crippen molar-refractivity contribution in [2.24, 2.45) is 4.99 Å². The Morgan fingerprint density at radius 1 is 1.52 bits per heavy atom. The van der Waals surface area contributed by atoms with E-state index in [0.717, 1.165) is 12.0 Å². The first-order chi connectivity index (χ1) is 11.9. The highest BCUT2D eigenvalue weighted by atomic mass is 32.2. The number of nitrogens with zero attached hydrogens (tertiary/aromatic N) is 1. The molecule has 0 fully saturated rings. The molecule has 0 bridgehead atoms. The van der Waals surface area contributed by atoms with Crippen LogP contribution in [0.2, 0.25) is 0 Å². The average Bonchev–Trinajstić information content (AvgIpc) is 3.04. The quantitative estimate of drug-likeness (QED) is 0.718. The van der Waals surface area contributed by atoms with Crippen molar-refractivity contribution in [1.82, 2.24) is 5.32 Å². The molecule has 0 radical (unpaired) electrons. The highest BCUT2D eigenvalue weighted by Crippen LogP contribution is 2.22. The van der Waals surface area contributed by atoms with Crippen LogP contribution in [-0.4, -0.2) is 28.5 Å². The van der Waals surface area contributed by atoms with Crippen molar-refractivity contribution in [3.05, 3.63) is 46.5 Å². The van der Waals surface area contributed by atoms with E-state index in [0.29, 0.717) is 29.4 Å². The minimum Gasteiger partial charge on any atom is -0.426 e. The van der Waals surface area contributed by atoms with Crippen LogP contribution in [0.5, 0.6) is 0 Å². The summed E-state index contributed by atoms with van der Waals surface area (Å²) >= 11 is 1.29. The van der Waals surface area contributed by atoms with E-state index in [9.17, 15) is 14.4 Å². The Morgan fingerprint density at radius 2 is 2.28 bits per heavy atom. The van der Waals surface area contributed by atoms with E-state index in [2.05, 4.69) is 16.9 Å². The van der Waals surface area contributed by atoms with E-state index in [1.54, 1.807) is 12.1 Å².